The van der Waals surface area contributed by atoms with Crippen LogP contribution in [0.1, 0.15) is 12.6 Å². The number of hydrogen-bond donors (Lipinski definition) is 2. The van der Waals surface area contributed by atoms with Crippen molar-refractivity contribution in [3.8, 4) is 0 Å². The fourth-order valence-corrected chi connectivity index (χ4v) is 1.10. The Morgan fingerprint density at radius 2 is 2.36 bits per heavy atom. The van der Waals surface area contributed by atoms with E-state index in [0.717, 1.165) is 18.8 Å². The van der Waals surface area contributed by atoms with Gasteiger partial charge in [-0.2, -0.15) is 0 Å². The van der Waals surface area contributed by atoms with Gasteiger partial charge in [0.25, 0.3) is 0 Å². The second-order valence-corrected chi connectivity index (χ2v) is 3.16. The van der Waals surface area contributed by atoms with Crippen LogP contribution in [0.2, 0.25) is 0 Å². The van der Waals surface area contributed by atoms with Gasteiger partial charge in [0.05, 0.1) is 12.0 Å². The van der Waals surface area contributed by atoms with Crippen molar-refractivity contribution in [1.29, 1.82) is 0 Å². The van der Waals surface area contributed by atoms with Gasteiger partial charge in [0.15, 0.2) is 0 Å². The topological polar surface area (TPSA) is 59.0 Å². The third kappa shape index (κ3) is 3.57. The molecule has 14 heavy (non-hydrogen) atoms. The van der Waals surface area contributed by atoms with Crippen LogP contribution in [0.3, 0.4) is 0 Å². The number of carbonyl (C=O) groups is 1. The average molecular weight is 196 g/mol. The summed E-state index contributed by atoms with van der Waals surface area (Å²) in [5, 5.41) is 5.92. The number of carbonyl (C=O) groups excluding carboxylic acids is 1. The third-order valence-electron chi connectivity index (χ3n) is 1.90. The van der Waals surface area contributed by atoms with E-state index in [1.165, 1.54) is 6.92 Å². The summed E-state index contributed by atoms with van der Waals surface area (Å²) >= 11 is 0. The lowest BCUT2D eigenvalue weighted by Crippen LogP contribution is -2.30. The van der Waals surface area contributed by atoms with E-state index in [1.807, 2.05) is 17.8 Å². The minimum atomic E-state index is 0.00679. The Morgan fingerprint density at radius 3 is 2.93 bits per heavy atom. The Balaban J connectivity index is 2.10. The number of nitrogens with one attached hydrogen (secondary N) is 2. The molecule has 0 aliphatic heterocycles. The summed E-state index contributed by atoms with van der Waals surface area (Å²) in [6.07, 6.45) is 3.59. The van der Waals surface area contributed by atoms with Crippen molar-refractivity contribution in [3.05, 3.63) is 18.2 Å². The highest BCUT2D eigenvalue weighted by Gasteiger charge is 1.96. The van der Waals surface area contributed by atoms with Crippen LogP contribution in [-0.2, 0) is 18.4 Å². The van der Waals surface area contributed by atoms with Crippen LogP contribution in [0.5, 0.6) is 0 Å². The van der Waals surface area contributed by atoms with Crippen molar-refractivity contribution in [2.45, 2.75) is 13.5 Å². The Kier molecular flexibility index (Phi) is 4.12. The molecule has 78 valence electrons. The molecule has 5 nitrogen and oxygen atoms in total. The smallest absolute Gasteiger partial charge is 0.216 e. The summed E-state index contributed by atoms with van der Waals surface area (Å²) in [5.41, 5.74) is 1.13. The van der Waals surface area contributed by atoms with Crippen molar-refractivity contribution in [3.63, 3.8) is 0 Å². The van der Waals surface area contributed by atoms with E-state index >= 15 is 0 Å². The van der Waals surface area contributed by atoms with Gasteiger partial charge in [0.2, 0.25) is 5.91 Å². The number of nitrogens with zero attached hydrogens (tertiary/aromatic N) is 2. The molecule has 1 aromatic heterocycles. The fraction of sp³-hybridized carbons (Fsp3) is 0.556. The summed E-state index contributed by atoms with van der Waals surface area (Å²) in [7, 11) is 1.96. The molecule has 0 saturated heterocycles. The van der Waals surface area contributed by atoms with E-state index in [2.05, 4.69) is 15.6 Å². The van der Waals surface area contributed by atoms with E-state index in [-0.39, 0.29) is 5.91 Å². The first kappa shape index (κ1) is 10.7. The van der Waals surface area contributed by atoms with Crippen molar-refractivity contribution >= 4 is 5.91 Å². The number of amides is 1. The Morgan fingerprint density at radius 1 is 1.57 bits per heavy atom. The van der Waals surface area contributed by atoms with Gasteiger partial charge in [-0.15, -0.1) is 0 Å². The Hall–Kier alpha value is -1.36. The van der Waals surface area contributed by atoms with Gasteiger partial charge < -0.3 is 15.2 Å². The van der Waals surface area contributed by atoms with Crippen LogP contribution in [0.4, 0.5) is 0 Å². The normalized spacial score (nSPS) is 10.1. The van der Waals surface area contributed by atoms with E-state index in [4.69, 9.17) is 0 Å². The summed E-state index contributed by atoms with van der Waals surface area (Å²) < 4.78 is 1.96. The van der Waals surface area contributed by atoms with Crippen molar-refractivity contribution in [2.75, 3.05) is 13.1 Å². The van der Waals surface area contributed by atoms with Crippen molar-refractivity contribution < 1.29 is 4.79 Å². The monoisotopic (exact) mass is 196 g/mol. The molecule has 0 bridgehead atoms. The van der Waals surface area contributed by atoms with Gasteiger partial charge in [-0.05, 0) is 0 Å². The highest BCUT2D eigenvalue weighted by atomic mass is 16.1. The predicted octanol–water partition coefficient (Wildman–Crippen LogP) is -0.354. The van der Waals surface area contributed by atoms with E-state index in [0.29, 0.717) is 6.54 Å². The number of aryl methyl sites for hydroxylation is 1. The number of imidazole rings is 1. The highest BCUT2D eigenvalue weighted by molar-refractivity contribution is 5.72. The minimum Gasteiger partial charge on any atom is -0.355 e. The van der Waals surface area contributed by atoms with Crippen LogP contribution in [0.25, 0.3) is 0 Å². The van der Waals surface area contributed by atoms with Crippen LogP contribution in [0, 0.1) is 0 Å². The Labute approximate surface area is 83.5 Å². The van der Waals surface area contributed by atoms with Gasteiger partial charge in [-0.3, -0.25) is 4.79 Å². The molecule has 0 aromatic carbocycles. The molecular formula is C9H16N4O. The standard InChI is InChI=1S/C9H16N4O/c1-8(14)12-4-3-10-5-9-6-11-7-13(9)2/h6-7,10H,3-5H2,1-2H3,(H,12,14). The fourth-order valence-electron chi connectivity index (χ4n) is 1.10. The summed E-state index contributed by atoms with van der Waals surface area (Å²) in [5.74, 6) is 0.00679. The van der Waals surface area contributed by atoms with Crippen LogP contribution in [0.15, 0.2) is 12.5 Å². The van der Waals surface area contributed by atoms with Crippen molar-refractivity contribution in [1.82, 2.24) is 20.2 Å². The minimum absolute atomic E-state index is 0.00679. The molecule has 0 aliphatic carbocycles. The summed E-state index contributed by atoms with van der Waals surface area (Å²) in [6, 6.07) is 0. The molecule has 1 aromatic rings. The SMILES string of the molecule is CC(=O)NCCNCc1cncn1C. The lowest BCUT2D eigenvalue weighted by Gasteiger charge is -2.05. The molecule has 2 N–H and O–H groups in total. The molecule has 0 unspecified atom stereocenters. The maximum absolute atomic E-state index is 10.5. The molecular weight excluding hydrogens is 180 g/mol. The zero-order chi connectivity index (χ0) is 10.4. The van der Waals surface area contributed by atoms with E-state index in [1.54, 1.807) is 6.33 Å². The molecule has 0 radical (unpaired) electrons. The third-order valence-corrected chi connectivity index (χ3v) is 1.90. The van der Waals surface area contributed by atoms with Crippen molar-refractivity contribution in [2.24, 2.45) is 7.05 Å². The maximum Gasteiger partial charge on any atom is 0.216 e. The number of hydrogen-bond acceptors (Lipinski definition) is 3. The molecule has 1 amide bonds. The van der Waals surface area contributed by atoms with Crippen LogP contribution < -0.4 is 10.6 Å². The molecule has 1 heterocycles. The highest BCUT2D eigenvalue weighted by Crippen LogP contribution is 1.93. The first-order valence-corrected chi connectivity index (χ1v) is 4.60. The van der Waals surface area contributed by atoms with E-state index in [9.17, 15) is 4.79 Å². The lowest BCUT2D eigenvalue weighted by atomic mass is 10.4. The second kappa shape index (κ2) is 5.39. The van der Waals surface area contributed by atoms with Gasteiger partial charge in [0, 0.05) is 39.8 Å². The maximum atomic E-state index is 10.5. The zero-order valence-corrected chi connectivity index (χ0v) is 8.58. The summed E-state index contributed by atoms with van der Waals surface area (Å²) in [4.78, 5) is 14.5. The summed E-state index contributed by atoms with van der Waals surface area (Å²) in [6.45, 7) is 3.72. The number of rotatable bonds is 5. The lowest BCUT2D eigenvalue weighted by molar-refractivity contribution is -0.118. The Bertz CT molecular complexity index is 295. The first-order valence-electron chi connectivity index (χ1n) is 4.60. The quantitative estimate of drug-likeness (QED) is 0.633. The molecule has 0 saturated carbocycles. The van der Waals surface area contributed by atoms with Crippen LogP contribution in [-0.4, -0.2) is 28.5 Å². The number of aromatic nitrogens is 2. The second-order valence-electron chi connectivity index (χ2n) is 3.16. The molecule has 0 atom stereocenters. The molecule has 0 aliphatic rings. The van der Waals surface area contributed by atoms with Crippen LogP contribution >= 0.6 is 0 Å². The molecule has 0 spiro atoms. The largest absolute Gasteiger partial charge is 0.355 e. The molecule has 0 fully saturated rings. The van der Waals surface area contributed by atoms with Gasteiger partial charge in [0.1, 0.15) is 0 Å². The van der Waals surface area contributed by atoms with Gasteiger partial charge in [-0.1, -0.05) is 0 Å². The first-order chi connectivity index (χ1) is 6.70. The zero-order valence-electron chi connectivity index (χ0n) is 8.58. The van der Waals surface area contributed by atoms with E-state index < -0.39 is 0 Å². The molecule has 1 rings (SSSR count). The average Bonchev–Trinajstić information content (AvgIpc) is 2.51. The predicted molar refractivity (Wildman–Crippen MR) is 53.6 cm³/mol. The van der Waals surface area contributed by atoms with Gasteiger partial charge >= 0.3 is 0 Å². The van der Waals surface area contributed by atoms with Gasteiger partial charge in [-0.25, -0.2) is 4.98 Å². The molecule has 5 heteroatoms.